The van der Waals surface area contributed by atoms with Crippen LogP contribution in [0, 0.1) is 0 Å². The Morgan fingerprint density at radius 2 is 1.18 bits per heavy atom. The zero-order valence-electron chi connectivity index (χ0n) is 19.9. The summed E-state index contributed by atoms with van der Waals surface area (Å²) < 4.78 is 0. The molecule has 4 nitrogen and oxygen atoms in total. The molecule has 1 rings (SSSR count). The maximum absolute atomic E-state index is 12.9. The fourth-order valence-corrected chi connectivity index (χ4v) is 4.40. The first-order valence-corrected chi connectivity index (χ1v) is 12.1. The third kappa shape index (κ3) is 8.82. The number of amides is 1. The Morgan fingerprint density at radius 1 is 0.750 bits per heavy atom. The van der Waals surface area contributed by atoms with E-state index in [1.54, 1.807) is 0 Å². The molecule has 0 atom stereocenters. The minimum atomic E-state index is -0.463. The lowest BCUT2D eigenvalue weighted by molar-refractivity contribution is -0.136. The third-order valence-electron chi connectivity index (χ3n) is 6.07. The highest BCUT2D eigenvalue weighted by Gasteiger charge is 2.49. The number of carbonyl (C=O) groups excluding carboxylic acids is 1. The summed E-state index contributed by atoms with van der Waals surface area (Å²) in [4.78, 5) is 17.5. The first kappa shape index (κ1) is 25.4. The van der Waals surface area contributed by atoms with Gasteiger partial charge >= 0.3 is 0 Å². The number of hydrogen-bond acceptors (Lipinski definition) is 3. The van der Waals surface area contributed by atoms with Crippen molar-refractivity contribution in [3.8, 4) is 0 Å². The molecule has 0 spiro atoms. The number of rotatable bonds is 16. The molecule has 0 radical (unpaired) electrons. The van der Waals surface area contributed by atoms with E-state index >= 15 is 0 Å². The molecule has 1 heterocycles. The molecule has 0 saturated carbocycles. The molecule has 1 fully saturated rings. The SMILES string of the molecule is CCCCCCCCN(CCCCCCCC)CN1C(=O)C(C)(C)NC1(C)C. The van der Waals surface area contributed by atoms with E-state index in [0.29, 0.717) is 0 Å². The standard InChI is InChI=1S/C24H49N3O/c1-7-9-11-13-15-17-19-26(20-18-16-14-12-10-8-2)21-27-22(28)23(3,4)25-24(27,5)6/h25H,7-21H2,1-6H3. The molecule has 28 heavy (non-hydrogen) atoms. The van der Waals surface area contributed by atoms with Gasteiger partial charge in [-0.2, -0.15) is 0 Å². The van der Waals surface area contributed by atoms with Gasteiger partial charge in [0.05, 0.1) is 17.9 Å². The van der Waals surface area contributed by atoms with Crippen molar-refractivity contribution < 1.29 is 4.79 Å². The van der Waals surface area contributed by atoms with Gasteiger partial charge in [0.2, 0.25) is 5.91 Å². The molecular weight excluding hydrogens is 346 g/mol. The quantitative estimate of drug-likeness (QED) is 0.330. The zero-order valence-corrected chi connectivity index (χ0v) is 19.9. The monoisotopic (exact) mass is 395 g/mol. The van der Waals surface area contributed by atoms with E-state index in [1.807, 2.05) is 13.8 Å². The van der Waals surface area contributed by atoms with Gasteiger partial charge in [-0.1, -0.05) is 78.1 Å². The number of nitrogens with one attached hydrogen (secondary N) is 1. The van der Waals surface area contributed by atoms with Gasteiger partial charge in [0.1, 0.15) is 0 Å². The molecule has 1 N–H and O–H groups in total. The Labute approximate surface area is 175 Å². The summed E-state index contributed by atoms with van der Waals surface area (Å²) in [6, 6.07) is 0. The second-order valence-electron chi connectivity index (χ2n) is 9.84. The van der Waals surface area contributed by atoms with Crippen molar-refractivity contribution in [2.24, 2.45) is 0 Å². The van der Waals surface area contributed by atoms with Gasteiger partial charge in [-0.25, -0.2) is 0 Å². The van der Waals surface area contributed by atoms with Crippen LogP contribution in [-0.2, 0) is 4.79 Å². The molecule has 4 heteroatoms. The van der Waals surface area contributed by atoms with Crippen LogP contribution in [0.1, 0.15) is 119 Å². The zero-order chi connectivity index (χ0) is 21.0. The van der Waals surface area contributed by atoms with Gasteiger partial charge in [-0.3, -0.25) is 15.0 Å². The summed E-state index contributed by atoms with van der Waals surface area (Å²) in [5, 5.41) is 3.51. The topological polar surface area (TPSA) is 35.6 Å². The Kier molecular flexibility index (Phi) is 11.7. The lowest BCUT2D eigenvalue weighted by atomic mass is 10.1. The Hall–Kier alpha value is -0.610. The number of hydrogen-bond donors (Lipinski definition) is 1. The van der Waals surface area contributed by atoms with Gasteiger partial charge in [-0.15, -0.1) is 0 Å². The molecule has 1 amide bonds. The lowest BCUT2D eigenvalue weighted by Gasteiger charge is -2.36. The fourth-order valence-electron chi connectivity index (χ4n) is 4.40. The molecule has 0 aliphatic carbocycles. The normalized spacial score (nSPS) is 18.4. The van der Waals surface area contributed by atoms with E-state index in [0.717, 1.165) is 19.8 Å². The molecule has 1 aliphatic heterocycles. The van der Waals surface area contributed by atoms with Crippen molar-refractivity contribution >= 4 is 5.91 Å². The first-order chi connectivity index (χ1) is 13.2. The highest BCUT2D eigenvalue weighted by Crippen LogP contribution is 2.28. The van der Waals surface area contributed by atoms with E-state index < -0.39 is 5.54 Å². The number of unbranched alkanes of at least 4 members (excludes halogenated alkanes) is 10. The number of nitrogens with zero attached hydrogens (tertiary/aromatic N) is 2. The maximum atomic E-state index is 12.9. The van der Waals surface area contributed by atoms with Gasteiger partial charge in [0.25, 0.3) is 0 Å². The summed E-state index contributed by atoms with van der Waals surface area (Å²) in [5.74, 6) is 0.230. The minimum absolute atomic E-state index is 0.230. The van der Waals surface area contributed by atoms with E-state index in [1.165, 1.54) is 77.0 Å². The van der Waals surface area contributed by atoms with Crippen LogP contribution >= 0.6 is 0 Å². The fraction of sp³-hybridized carbons (Fsp3) is 0.958. The highest BCUT2D eigenvalue weighted by molar-refractivity contribution is 5.88. The summed E-state index contributed by atoms with van der Waals surface area (Å²) in [7, 11) is 0. The molecule has 0 bridgehead atoms. The average Bonchev–Trinajstić information content (AvgIpc) is 2.78. The van der Waals surface area contributed by atoms with Gasteiger partial charge in [-0.05, 0) is 53.6 Å². The van der Waals surface area contributed by atoms with Gasteiger partial charge < -0.3 is 4.90 Å². The van der Waals surface area contributed by atoms with Crippen LogP contribution in [0.3, 0.4) is 0 Å². The Morgan fingerprint density at radius 3 is 1.57 bits per heavy atom. The van der Waals surface area contributed by atoms with E-state index in [2.05, 4.69) is 42.8 Å². The second kappa shape index (κ2) is 12.8. The van der Waals surface area contributed by atoms with E-state index in [9.17, 15) is 4.79 Å². The first-order valence-electron chi connectivity index (χ1n) is 12.1. The minimum Gasteiger partial charge on any atom is -0.310 e. The van der Waals surface area contributed by atoms with Crippen LogP contribution in [0.25, 0.3) is 0 Å². The van der Waals surface area contributed by atoms with Gasteiger partial charge in [0.15, 0.2) is 0 Å². The average molecular weight is 396 g/mol. The van der Waals surface area contributed by atoms with Crippen LogP contribution in [0.4, 0.5) is 0 Å². The van der Waals surface area contributed by atoms with Crippen molar-refractivity contribution in [2.75, 3.05) is 19.8 Å². The van der Waals surface area contributed by atoms with Crippen molar-refractivity contribution in [1.82, 2.24) is 15.1 Å². The van der Waals surface area contributed by atoms with Crippen molar-refractivity contribution in [3.63, 3.8) is 0 Å². The third-order valence-corrected chi connectivity index (χ3v) is 6.07. The van der Waals surface area contributed by atoms with Crippen LogP contribution in [0.15, 0.2) is 0 Å². The van der Waals surface area contributed by atoms with Crippen LogP contribution < -0.4 is 5.32 Å². The molecule has 0 aromatic carbocycles. The van der Waals surface area contributed by atoms with Crippen molar-refractivity contribution in [3.05, 3.63) is 0 Å². The molecule has 0 aromatic heterocycles. The van der Waals surface area contributed by atoms with Crippen molar-refractivity contribution in [1.29, 1.82) is 0 Å². The second-order valence-corrected chi connectivity index (χ2v) is 9.84. The summed E-state index contributed by atoms with van der Waals surface area (Å²) in [5.41, 5.74) is -0.740. The molecule has 0 unspecified atom stereocenters. The summed E-state index contributed by atoms with van der Waals surface area (Å²) in [6.45, 7) is 15.8. The predicted molar refractivity (Wildman–Crippen MR) is 121 cm³/mol. The largest absolute Gasteiger partial charge is 0.310 e. The molecule has 1 saturated heterocycles. The van der Waals surface area contributed by atoms with E-state index in [-0.39, 0.29) is 11.6 Å². The van der Waals surface area contributed by atoms with Gasteiger partial charge in [0, 0.05) is 0 Å². The summed E-state index contributed by atoms with van der Waals surface area (Å²) in [6.07, 6.45) is 15.9. The Bertz CT molecular complexity index is 418. The predicted octanol–water partition coefficient (Wildman–Crippen LogP) is 5.91. The molecule has 0 aromatic rings. The molecule has 166 valence electrons. The lowest BCUT2D eigenvalue weighted by Crippen LogP contribution is -2.52. The molecular formula is C24H49N3O. The van der Waals surface area contributed by atoms with Crippen molar-refractivity contribution in [2.45, 2.75) is 130 Å². The van der Waals surface area contributed by atoms with Crippen LogP contribution in [0.2, 0.25) is 0 Å². The van der Waals surface area contributed by atoms with E-state index in [4.69, 9.17) is 0 Å². The van der Waals surface area contributed by atoms with Crippen LogP contribution in [-0.4, -0.2) is 46.7 Å². The Balaban J connectivity index is 2.52. The highest BCUT2D eigenvalue weighted by atomic mass is 16.2. The van der Waals surface area contributed by atoms with Crippen LogP contribution in [0.5, 0.6) is 0 Å². The maximum Gasteiger partial charge on any atom is 0.244 e. The smallest absolute Gasteiger partial charge is 0.244 e. The molecule has 1 aliphatic rings. The summed E-state index contributed by atoms with van der Waals surface area (Å²) >= 11 is 0. The number of carbonyl (C=O) groups is 1.